The third-order valence-electron chi connectivity index (χ3n) is 2.30. The van der Waals surface area contributed by atoms with Gasteiger partial charge in [-0.3, -0.25) is 4.79 Å². The van der Waals surface area contributed by atoms with Crippen LogP contribution >= 0.6 is 15.9 Å². The molecule has 13 heavy (non-hydrogen) atoms. The molecule has 1 fully saturated rings. The van der Waals surface area contributed by atoms with E-state index in [-0.39, 0.29) is 5.56 Å². The van der Waals surface area contributed by atoms with Gasteiger partial charge < -0.3 is 10.3 Å². The summed E-state index contributed by atoms with van der Waals surface area (Å²) in [5.41, 5.74) is 5.82. The number of aromatic nitrogens is 1. The molecule has 1 aromatic rings. The Morgan fingerprint density at radius 3 is 2.92 bits per heavy atom. The van der Waals surface area contributed by atoms with E-state index in [4.69, 9.17) is 5.73 Å². The van der Waals surface area contributed by atoms with Crippen molar-refractivity contribution in [3.8, 4) is 0 Å². The van der Waals surface area contributed by atoms with E-state index in [2.05, 4.69) is 15.9 Å². The van der Waals surface area contributed by atoms with Gasteiger partial charge in [-0.1, -0.05) is 0 Å². The Morgan fingerprint density at radius 1 is 1.62 bits per heavy atom. The smallest absolute Gasteiger partial charge is 0.274 e. The largest absolute Gasteiger partial charge is 0.393 e. The van der Waals surface area contributed by atoms with Crippen molar-refractivity contribution in [1.82, 2.24) is 4.57 Å². The van der Waals surface area contributed by atoms with Crippen LogP contribution in [0.15, 0.2) is 21.5 Å². The predicted octanol–water partition coefficient (Wildman–Crippen LogP) is 1.60. The Kier molecular flexibility index (Phi) is 2.15. The molecule has 1 aromatic heterocycles. The summed E-state index contributed by atoms with van der Waals surface area (Å²) in [4.78, 5) is 11.6. The topological polar surface area (TPSA) is 48.0 Å². The fourth-order valence-electron chi connectivity index (χ4n) is 1.29. The zero-order valence-corrected chi connectivity index (χ0v) is 8.75. The first-order chi connectivity index (χ1) is 6.18. The highest BCUT2D eigenvalue weighted by atomic mass is 79.9. The second-order valence-corrected chi connectivity index (χ2v) is 4.33. The maximum atomic E-state index is 11.6. The molecule has 3 nitrogen and oxygen atoms in total. The maximum Gasteiger partial charge on any atom is 0.274 e. The quantitative estimate of drug-likeness (QED) is 0.857. The Hall–Kier alpha value is -0.770. The van der Waals surface area contributed by atoms with Crippen LogP contribution in [0, 0.1) is 5.92 Å². The van der Waals surface area contributed by atoms with Crippen LogP contribution in [0.4, 0.5) is 5.69 Å². The number of hydrogen-bond acceptors (Lipinski definition) is 2. The number of nitrogen functional groups attached to an aromatic ring is 1. The average molecular weight is 243 g/mol. The summed E-state index contributed by atoms with van der Waals surface area (Å²) in [6.45, 7) is 0.816. The van der Waals surface area contributed by atoms with Crippen molar-refractivity contribution >= 4 is 21.6 Å². The van der Waals surface area contributed by atoms with E-state index in [0.717, 1.165) is 6.54 Å². The van der Waals surface area contributed by atoms with Gasteiger partial charge >= 0.3 is 0 Å². The van der Waals surface area contributed by atoms with Crippen molar-refractivity contribution in [2.24, 2.45) is 5.92 Å². The maximum absolute atomic E-state index is 11.6. The number of pyridine rings is 1. The van der Waals surface area contributed by atoms with E-state index >= 15 is 0 Å². The zero-order valence-electron chi connectivity index (χ0n) is 7.16. The van der Waals surface area contributed by atoms with Gasteiger partial charge in [0, 0.05) is 17.2 Å². The monoisotopic (exact) mass is 242 g/mol. The molecular formula is C9H11BrN2O. The van der Waals surface area contributed by atoms with Crippen LogP contribution in [0.25, 0.3) is 0 Å². The molecule has 2 rings (SSSR count). The average Bonchev–Trinajstić information content (AvgIpc) is 2.90. The van der Waals surface area contributed by atoms with E-state index < -0.39 is 0 Å². The van der Waals surface area contributed by atoms with Gasteiger partial charge in [0.25, 0.3) is 5.56 Å². The van der Waals surface area contributed by atoms with Crippen molar-refractivity contribution in [2.75, 3.05) is 5.73 Å². The van der Waals surface area contributed by atoms with Gasteiger partial charge in [0.15, 0.2) is 0 Å². The van der Waals surface area contributed by atoms with Gasteiger partial charge in [-0.05, 0) is 40.8 Å². The first-order valence-electron chi connectivity index (χ1n) is 4.33. The van der Waals surface area contributed by atoms with Gasteiger partial charge in [0.2, 0.25) is 0 Å². The minimum absolute atomic E-state index is 0.0822. The van der Waals surface area contributed by atoms with Gasteiger partial charge in [0.05, 0.1) is 0 Å². The molecule has 1 aliphatic carbocycles. The fraction of sp³-hybridized carbons (Fsp3) is 0.444. The van der Waals surface area contributed by atoms with Crippen LogP contribution in [-0.4, -0.2) is 4.57 Å². The molecule has 1 aliphatic rings. The SMILES string of the molecule is Nc1c(Br)ccn(CC2CC2)c1=O. The third-order valence-corrected chi connectivity index (χ3v) is 2.99. The normalized spacial score (nSPS) is 16.1. The van der Waals surface area contributed by atoms with Crippen molar-refractivity contribution in [1.29, 1.82) is 0 Å². The third kappa shape index (κ3) is 1.77. The summed E-state index contributed by atoms with van der Waals surface area (Å²) in [6.07, 6.45) is 4.27. The lowest BCUT2D eigenvalue weighted by atomic mass is 10.3. The predicted molar refractivity (Wildman–Crippen MR) is 55.5 cm³/mol. The number of anilines is 1. The number of nitrogens with two attached hydrogens (primary N) is 1. The highest BCUT2D eigenvalue weighted by molar-refractivity contribution is 9.10. The molecule has 1 saturated carbocycles. The van der Waals surface area contributed by atoms with E-state index in [9.17, 15) is 4.79 Å². The molecule has 0 atom stereocenters. The first-order valence-corrected chi connectivity index (χ1v) is 5.12. The van der Waals surface area contributed by atoms with Crippen LogP contribution in [0.2, 0.25) is 0 Å². The Morgan fingerprint density at radius 2 is 2.31 bits per heavy atom. The summed E-state index contributed by atoms with van der Waals surface area (Å²) < 4.78 is 2.38. The molecule has 0 bridgehead atoms. The van der Waals surface area contributed by atoms with E-state index in [1.165, 1.54) is 12.8 Å². The van der Waals surface area contributed by atoms with Gasteiger partial charge in [-0.15, -0.1) is 0 Å². The lowest BCUT2D eigenvalue weighted by Gasteiger charge is -2.05. The molecule has 0 amide bonds. The summed E-state index contributed by atoms with van der Waals surface area (Å²) in [7, 11) is 0. The summed E-state index contributed by atoms with van der Waals surface area (Å²) >= 11 is 3.22. The number of hydrogen-bond donors (Lipinski definition) is 1. The number of rotatable bonds is 2. The second-order valence-electron chi connectivity index (χ2n) is 3.48. The highest BCUT2D eigenvalue weighted by Gasteiger charge is 2.22. The van der Waals surface area contributed by atoms with Crippen molar-refractivity contribution in [3.63, 3.8) is 0 Å². The Labute approximate surface area is 84.7 Å². The zero-order chi connectivity index (χ0) is 9.42. The molecule has 0 spiro atoms. The van der Waals surface area contributed by atoms with Crippen molar-refractivity contribution in [3.05, 3.63) is 27.1 Å². The van der Waals surface area contributed by atoms with Crippen LogP contribution in [-0.2, 0) is 6.54 Å². The Balaban J connectivity index is 2.35. The number of nitrogens with zero attached hydrogens (tertiary/aromatic N) is 1. The van der Waals surface area contributed by atoms with Crippen LogP contribution < -0.4 is 11.3 Å². The van der Waals surface area contributed by atoms with Crippen molar-refractivity contribution in [2.45, 2.75) is 19.4 Å². The fourth-order valence-corrected chi connectivity index (χ4v) is 1.58. The molecule has 0 aliphatic heterocycles. The van der Waals surface area contributed by atoms with E-state index in [1.54, 1.807) is 10.8 Å². The minimum Gasteiger partial charge on any atom is -0.393 e. The molecular weight excluding hydrogens is 232 g/mol. The molecule has 70 valence electrons. The summed E-state index contributed by atoms with van der Waals surface area (Å²) in [5, 5.41) is 0. The molecule has 4 heteroatoms. The molecule has 0 radical (unpaired) electrons. The lowest BCUT2D eigenvalue weighted by molar-refractivity contribution is 0.607. The van der Waals surface area contributed by atoms with Gasteiger partial charge in [0.1, 0.15) is 5.69 Å². The Bertz CT molecular complexity index is 382. The standard InChI is InChI=1S/C9H11BrN2O/c10-7-3-4-12(5-6-1-2-6)9(13)8(7)11/h3-4,6H,1-2,5,11H2. The van der Waals surface area contributed by atoms with Gasteiger partial charge in [-0.2, -0.15) is 0 Å². The van der Waals surface area contributed by atoms with Crippen molar-refractivity contribution < 1.29 is 0 Å². The first kappa shape index (κ1) is 8.81. The minimum atomic E-state index is -0.0822. The molecule has 1 heterocycles. The van der Waals surface area contributed by atoms with Gasteiger partial charge in [-0.25, -0.2) is 0 Å². The van der Waals surface area contributed by atoms with E-state index in [1.807, 2.05) is 6.07 Å². The molecule has 0 unspecified atom stereocenters. The lowest BCUT2D eigenvalue weighted by Crippen LogP contribution is -2.23. The van der Waals surface area contributed by atoms with Crippen LogP contribution in [0.3, 0.4) is 0 Å². The van der Waals surface area contributed by atoms with E-state index in [0.29, 0.717) is 16.1 Å². The molecule has 0 saturated heterocycles. The second kappa shape index (κ2) is 3.18. The number of halogens is 1. The summed E-state index contributed by atoms with van der Waals surface area (Å²) in [6, 6.07) is 1.82. The summed E-state index contributed by atoms with van der Waals surface area (Å²) in [5.74, 6) is 0.693. The highest BCUT2D eigenvalue weighted by Crippen LogP contribution is 2.30. The van der Waals surface area contributed by atoms with Crippen LogP contribution in [0.1, 0.15) is 12.8 Å². The molecule has 0 aromatic carbocycles. The molecule has 2 N–H and O–H groups in total. The van der Waals surface area contributed by atoms with Crippen LogP contribution in [0.5, 0.6) is 0 Å².